The van der Waals surface area contributed by atoms with E-state index in [0.717, 1.165) is 57.8 Å². The van der Waals surface area contributed by atoms with Crippen molar-refractivity contribution in [3.05, 3.63) is 18.5 Å². The van der Waals surface area contributed by atoms with Crippen LogP contribution in [0.25, 0.3) is 0 Å². The number of likely N-dealkylation sites (tertiary alicyclic amines) is 1. The molecule has 1 aliphatic carbocycles. The molecule has 8 nitrogen and oxygen atoms in total. The van der Waals surface area contributed by atoms with Gasteiger partial charge in [-0.25, -0.2) is 9.97 Å². The lowest BCUT2D eigenvalue weighted by molar-refractivity contribution is -0.141. The average Bonchev–Trinajstić information content (AvgIpc) is 2.94. The predicted octanol–water partition coefficient (Wildman–Crippen LogP) is 0.135. The van der Waals surface area contributed by atoms with Gasteiger partial charge >= 0.3 is 0 Å². The monoisotopic (exact) mass is 373 g/mol. The van der Waals surface area contributed by atoms with Crippen LogP contribution in [0.15, 0.2) is 18.5 Å². The Morgan fingerprint density at radius 2 is 1.56 bits per heavy atom. The summed E-state index contributed by atoms with van der Waals surface area (Å²) in [5.41, 5.74) is 0. The number of amides is 2. The molecule has 1 N–H and O–H groups in total. The van der Waals surface area contributed by atoms with Gasteiger partial charge in [-0.3, -0.25) is 19.4 Å². The maximum Gasteiger partial charge on any atom is 0.233 e. The molecule has 0 aromatic carbocycles. The lowest BCUT2D eigenvalue weighted by Gasteiger charge is -2.35. The van der Waals surface area contributed by atoms with Crippen LogP contribution in [0.2, 0.25) is 0 Å². The molecular weight excluding hydrogens is 346 g/mol. The molecule has 3 heterocycles. The number of aliphatic hydroxyl groups excluding tert-OH is 1. The summed E-state index contributed by atoms with van der Waals surface area (Å²) in [6.07, 6.45) is 6.42. The van der Waals surface area contributed by atoms with Crippen LogP contribution in [0, 0.1) is 11.8 Å². The molecule has 0 spiro atoms. The number of nitrogens with zero attached hydrogens (tertiary/aromatic N) is 5. The first-order chi connectivity index (χ1) is 13.1. The fourth-order valence-corrected chi connectivity index (χ4v) is 4.56. The Morgan fingerprint density at radius 1 is 0.963 bits per heavy atom. The molecule has 3 atom stereocenters. The molecule has 0 radical (unpaired) electrons. The van der Waals surface area contributed by atoms with Crippen LogP contribution in [0.5, 0.6) is 0 Å². The highest BCUT2D eigenvalue weighted by Gasteiger charge is 2.48. The zero-order chi connectivity index (χ0) is 18.8. The number of hydrogen-bond donors (Lipinski definition) is 1. The van der Waals surface area contributed by atoms with Gasteiger partial charge in [-0.2, -0.15) is 0 Å². The number of rotatable bonds is 5. The molecular formula is C19H27N5O3. The summed E-state index contributed by atoms with van der Waals surface area (Å²) < 4.78 is 0. The number of fused-ring (bicyclic) bond motifs is 1. The van der Waals surface area contributed by atoms with Crippen LogP contribution >= 0.6 is 0 Å². The molecule has 1 saturated carbocycles. The lowest BCUT2D eigenvalue weighted by atomic mass is 9.81. The fourth-order valence-electron chi connectivity index (χ4n) is 4.56. The number of aromatic nitrogens is 2. The molecule has 3 aliphatic rings. The Kier molecular flexibility index (Phi) is 5.36. The molecule has 4 rings (SSSR count). The van der Waals surface area contributed by atoms with Gasteiger partial charge in [0.15, 0.2) is 0 Å². The number of hydrogen-bond acceptors (Lipinski definition) is 7. The standard InChI is InChI=1S/C19H27N5O3/c25-14(13-24-17(26)15-4-1-2-5-16(15)18(24)27)12-22-8-10-23(11-9-22)19-20-6-3-7-21-19/h3,6-7,14-16,25H,1-2,4-5,8-13H2/t14?,15-,16+. The highest BCUT2D eigenvalue weighted by atomic mass is 16.3. The quantitative estimate of drug-likeness (QED) is 0.734. The van der Waals surface area contributed by atoms with Crippen molar-refractivity contribution in [2.75, 3.05) is 44.2 Å². The van der Waals surface area contributed by atoms with Crippen LogP contribution < -0.4 is 4.90 Å². The molecule has 2 amide bonds. The molecule has 8 heteroatoms. The summed E-state index contributed by atoms with van der Waals surface area (Å²) in [7, 11) is 0. The van der Waals surface area contributed by atoms with E-state index in [0.29, 0.717) is 6.54 Å². The van der Waals surface area contributed by atoms with Crippen molar-refractivity contribution < 1.29 is 14.7 Å². The Bertz CT molecular complexity index is 653. The van der Waals surface area contributed by atoms with Gasteiger partial charge in [0.2, 0.25) is 17.8 Å². The van der Waals surface area contributed by atoms with E-state index in [1.54, 1.807) is 18.5 Å². The smallest absolute Gasteiger partial charge is 0.233 e. The Morgan fingerprint density at radius 3 is 2.15 bits per heavy atom. The van der Waals surface area contributed by atoms with Crippen molar-refractivity contribution in [3.63, 3.8) is 0 Å². The minimum atomic E-state index is -0.711. The van der Waals surface area contributed by atoms with Gasteiger partial charge in [0.05, 0.1) is 24.5 Å². The average molecular weight is 373 g/mol. The molecule has 27 heavy (non-hydrogen) atoms. The van der Waals surface area contributed by atoms with Crippen molar-refractivity contribution in [2.45, 2.75) is 31.8 Å². The summed E-state index contributed by atoms with van der Waals surface area (Å²) in [5.74, 6) is 0.291. The van der Waals surface area contributed by atoms with Crippen molar-refractivity contribution in [2.24, 2.45) is 11.8 Å². The number of aliphatic hydroxyl groups is 1. The van der Waals surface area contributed by atoms with E-state index < -0.39 is 6.10 Å². The number of anilines is 1. The van der Waals surface area contributed by atoms with Crippen LogP contribution in [0.3, 0.4) is 0 Å². The van der Waals surface area contributed by atoms with Gasteiger partial charge in [-0.15, -0.1) is 0 Å². The minimum absolute atomic E-state index is 0.0743. The van der Waals surface area contributed by atoms with E-state index in [4.69, 9.17) is 0 Å². The summed E-state index contributed by atoms with van der Waals surface area (Å²) >= 11 is 0. The van der Waals surface area contributed by atoms with Crippen molar-refractivity contribution >= 4 is 17.8 Å². The zero-order valence-corrected chi connectivity index (χ0v) is 15.5. The molecule has 1 aromatic rings. The Balaban J connectivity index is 1.27. The molecule has 2 aliphatic heterocycles. The topological polar surface area (TPSA) is 89.9 Å². The zero-order valence-electron chi connectivity index (χ0n) is 15.5. The van der Waals surface area contributed by atoms with Crippen molar-refractivity contribution in [3.8, 4) is 0 Å². The third kappa shape index (κ3) is 3.82. The number of imide groups is 1. The molecule has 146 valence electrons. The van der Waals surface area contributed by atoms with Crippen molar-refractivity contribution in [1.82, 2.24) is 19.8 Å². The number of carbonyl (C=O) groups excluding carboxylic acids is 2. The Hall–Kier alpha value is -2.06. The summed E-state index contributed by atoms with van der Waals surface area (Å²) in [6, 6.07) is 1.80. The maximum absolute atomic E-state index is 12.5. The normalized spacial score (nSPS) is 27.7. The van der Waals surface area contributed by atoms with Gasteiger partial charge in [-0.05, 0) is 18.9 Å². The maximum atomic E-state index is 12.5. The van der Waals surface area contributed by atoms with Gasteiger partial charge in [0.1, 0.15) is 0 Å². The van der Waals surface area contributed by atoms with Crippen LogP contribution in [-0.4, -0.2) is 82.1 Å². The first kappa shape index (κ1) is 18.3. The van der Waals surface area contributed by atoms with E-state index in [1.165, 1.54) is 4.90 Å². The van der Waals surface area contributed by atoms with Crippen LogP contribution in [0.4, 0.5) is 5.95 Å². The lowest BCUT2D eigenvalue weighted by Crippen LogP contribution is -2.51. The second-order valence-electron chi connectivity index (χ2n) is 7.77. The van der Waals surface area contributed by atoms with Gasteiger partial charge < -0.3 is 10.0 Å². The molecule has 1 aromatic heterocycles. The largest absolute Gasteiger partial charge is 0.390 e. The summed E-state index contributed by atoms with van der Waals surface area (Å²) in [5, 5.41) is 10.5. The van der Waals surface area contributed by atoms with Gasteiger partial charge in [-0.1, -0.05) is 12.8 Å². The van der Waals surface area contributed by atoms with Gasteiger partial charge in [0.25, 0.3) is 0 Å². The molecule has 0 bridgehead atoms. The number of β-amino-alcohol motifs (C(OH)–C–C–N with tert-alkyl or cyclic N) is 1. The number of carbonyl (C=O) groups is 2. The SMILES string of the molecule is O=C1[C@H]2CCCC[C@H]2C(=O)N1CC(O)CN1CCN(c2ncccn2)CC1. The predicted molar refractivity (Wildman–Crippen MR) is 98.9 cm³/mol. The van der Waals surface area contributed by atoms with Crippen LogP contribution in [-0.2, 0) is 9.59 Å². The summed E-state index contributed by atoms with van der Waals surface area (Å²) in [6.45, 7) is 3.76. The molecule has 3 fully saturated rings. The third-order valence-corrected chi connectivity index (χ3v) is 6.00. The van der Waals surface area contributed by atoms with E-state index >= 15 is 0 Å². The first-order valence-electron chi connectivity index (χ1n) is 9.91. The van der Waals surface area contributed by atoms with E-state index in [-0.39, 0.29) is 30.2 Å². The third-order valence-electron chi connectivity index (χ3n) is 6.00. The Labute approximate surface area is 159 Å². The van der Waals surface area contributed by atoms with E-state index in [2.05, 4.69) is 19.8 Å². The summed E-state index contributed by atoms with van der Waals surface area (Å²) in [4.78, 5) is 39.2. The second kappa shape index (κ2) is 7.90. The minimum Gasteiger partial charge on any atom is -0.390 e. The highest BCUT2D eigenvalue weighted by molar-refractivity contribution is 6.05. The highest BCUT2D eigenvalue weighted by Crippen LogP contribution is 2.38. The molecule has 2 saturated heterocycles. The molecule has 1 unspecified atom stereocenters. The second-order valence-corrected chi connectivity index (χ2v) is 7.77. The van der Waals surface area contributed by atoms with E-state index in [1.807, 2.05) is 0 Å². The van der Waals surface area contributed by atoms with Gasteiger partial charge in [0, 0.05) is 45.1 Å². The first-order valence-corrected chi connectivity index (χ1v) is 9.91. The number of piperazine rings is 1. The van der Waals surface area contributed by atoms with E-state index in [9.17, 15) is 14.7 Å². The fraction of sp³-hybridized carbons (Fsp3) is 0.684. The van der Waals surface area contributed by atoms with Crippen molar-refractivity contribution in [1.29, 1.82) is 0 Å². The van der Waals surface area contributed by atoms with Crippen LogP contribution in [0.1, 0.15) is 25.7 Å².